The number of aliphatic hydroxyl groups excluding tert-OH is 5. The van der Waals surface area contributed by atoms with E-state index in [1.54, 1.807) is 54.5 Å². The lowest BCUT2D eigenvalue weighted by atomic mass is 9.38. The van der Waals surface area contributed by atoms with Crippen molar-refractivity contribution < 1.29 is 122 Å². The predicted octanol–water partition coefficient (Wildman–Crippen LogP) is 16.5. The molecule has 3 amide bonds. The van der Waals surface area contributed by atoms with Crippen LogP contribution in [0.4, 0.5) is 14.4 Å². The van der Waals surface area contributed by atoms with E-state index in [-0.39, 0.29) is 131 Å². The van der Waals surface area contributed by atoms with E-state index in [2.05, 4.69) is 133 Å². The Hall–Kier alpha value is -5.34. The Kier molecular flexibility index (Phi) is 31.8. The summed E-state index contributed by atoms with van der Waals surface area (Å²) < 4.78 is 66.4. The number of hydrogen-bond donors (Lipinski definition) is 11. The van der Waals surface area contributed by atoms with Crippen molar-refractivity contribution in [1.82, 2.24) is 16.0 Å². The lowest BCUT2D eigenvalue weighted by Crippen LogP contribution is -2.77. The summed E-state index contributed by atoms with van der Waals surface area (Å²) in [6.07, 6.45) is -5.65. The van der Waals surface area contributed by atoms with Crippen molar-refractivity contribution in [3.63, 3.8) is 0 Å². The third kappa shape index (κ3) is 19.3. The van der Waals surface area contributed by atoms with Gasteiger partial charge in [-0.1, -0.05) is 196 Å². The molecule has 10 fully saturated rings. The van der Waals surface area contributed by atoms with Crippen LogP contribution in [0.25, 0.3) is 0 Å². The molecule has 4 aliphatic heterocycles. The van der Waals surface area contributed by atoms with E-state index in [9.17, 15) is 69.6 Å². The second-order valence-electron chi connectivity index (χ2n) is 52.6. The van der Waals surface area contributed by atoms with Crippen LogP contribution in [0.1, 0.15) is 321 Å². The van der Waals surface area contributed by atoms with E-state index >= 15 is 0 Å². The summed E-state index contributed by atoms with van der Waals surface area (Å²) in [5.74, 6) is -4.42. The molecule has 37 atom stereocenters. The molecule has 0 aromatic rings. The van der Waals surface area contributed by atoms with Gasteiger partial charge in [0.1, 0.15) is 35.1 Å². The van der Waals surface area contributed by atoms with Gasteiger partial charge in [-0.25, -0.2) is 24.0 Å². The molecule has 4 unspecified atom stereocenters. The fourth-order valence-electron chi connectivity index (χ4n) is 31.2. The topological polar surface area (TPSA) is 402 Å². The van der Waals surface area contributed by atoms with Crippen molar-refractivity contribution in [3.05, 3.63) is 46.1 Å². The standard InChI is InChI=1S/C38H61NO9.C37H63NO7.C35H59NO9/c1-14-27-46-26-16-25-36(12,18-44-25)30-22(6)38(43)17-24(20(4)28(35(38,10)11)21(5)31(47-27)37(26,30)13)45-32(41)29(40)23(15-19(2)3)39-33(42)48-34(7,8)9;1-19(2)15-25(38-32(41)45-33(8,9)10)21(4)31(40)44-26-17-37(42)24(7)29-35(13)18-43-27(35)16-20(3)36(29,14)30(39)23(6)28(22(26)5)34(37,11)12;1-17(2)13-21(36-30(41)45-31(6,7)8)26(38)29(40)44-22-15-35(42)20(5)27-33(11)16-43-24(33)14-23(37)34(27,12)28(39)19(4)25(18(22)3)32(35,9)10/h14,19,21-27,29-31,40,43H,1,15-18H2,2-13H3,(H,39,42);19-21,23-27,29-30,39,42H,15-18H2,1-14H3,(H,38,41);17,19-24,26-28,37-39,42H,13-16H2,1-12H3,(H,36,41)/t21-,22-,23-,24-,25+,26-,27?,29?,30+,31-,36+,37+,38+;20-,21?,23-,24-,25-,26-,27+,29+,30-,35+,36+,37+;19-,20-,21-,22-,23-,24+,26?,27+,28-,33+,34+,35+/m000/s1. The first-order chi connectivity index (χ1) is 62.9. The predicted molar refractivity (Wildman–Crippen MR) is 525 cm³/mol. The van der Waals surface area contributed by atoms with E-state index in [0.717, 1.165) is 40.7 Å². The van der Waals surface area contributed by atoms with E-state index in [1.807, 2.05) is 104 Å². The Bertz CT molecular complexity index is 4410. The third-order valence-corrected chi connectivity index (χ3v) is 38.0. The van der Waals surface area contributed by atoms with Gasteiger partial charge in [0.2, 0.25) is 0 Å². The minimum absolute atomic E-state index is 0.00194. The van der Waals surface area contributed by atoms with Gasteiger partial charge in [0.15, 0.2) is 18.5 Å². The largest absolute Gasteiger partial charge is 0.457 e. The molecule has 28 heteroatoms. The van der Waals surface area contributed by atoms with Crippen LogP contribution in [0.3, 0.4) is 0 Å². The SMILES string of the molecule is C=CC1O[C@H]2C[C@H]3OC[C@@]3(C)[C@H]3[C@H](C)[C@]4(O)C[C@H](OC(=O)C(O)[C@H](CC(C)C)NC(=O)OC(C)(C)C)C(C)=C([C@H](C)[C@H](O1)[C@]23C)C4(C)C.CC1=C2[C@H](C)[C@H](O)[C@@]3(C)[C@H]([C@H](C)[C@](O)(C[C@@H]1OC(=O)C(C)[C@H](CC(C)C)NC(=O)OC(C)(C)C)C2(C)C)[C@]1(C)CO[C@@H]1C[C@@H]3C.CC1=C2[C@H](C)[C@H](O)[C@@]3(C)[C@H]([C@H](C)[C@](O)(C[C@@H]1OC(=O)C(O)[C@H](CC(C)C)NC(=O)OC(C)(C)C)C2(C)C)[C@]1(C)CO[C@@H]1C[C@@H]3O. The normalized spacial score (nSPS) is 42.5. The van der Waals surface area contributed by atoms with Crippen LogP contribution < -0.4 is 16.0 Å². The lowest BCUT2D eigenvalue weighted by Gasteiger charge is -2.72. The van der Waals surface area contributed by atoms with E-state index in [1.165, 1.54) is 0 Å². The molecule has 0 spiro atoms. The second-order valence-corrected chi connectivity index (χ2v) is 52.6. The number of aliphatic hydroxyl groups is 8. The van der Waals surface area contributed by atoms with Gasteiger partial charge in [0.05, 0.1) is 103 Å². The number of nitrogens with one attached hydrogen (secondary N) is 3. The van der Waals surface area contributed by atoms with Crippen molar-refractivity contribution >= 4 is 36.2 Å². The van der Waals surface area contributed by atoms with Crippen LogP contribution in [0.5, 0.6) is 0 Å². The molecule has 4 heterocycles. The van der Waals surface area contributed by atoms with Crippen LogP contribution in [0, 0.1) is 132 Å². The van der Waals surface area contributed by atoms with Crippen molar-refractivity contribution in [2.75, 3.05) is 19.8 Å². The van der Waals surface area contributed by atoms with Crippen molar-refractivity contribution in [1.29, 1.82) is 0 Å². The minimum Gasteiger partial charge on any atom is -0.457 e. The Balaban J connectivity index is 0.000000199. The summed E-state index contributed by atoms with van der Waals surface area (Å²) in [5.41, 5.74) is -5.54. The molecular weight excluding hydrogens is 1760 g/mol. The van der Waals surface area contributed by atoms with Gasteiger partial charge in [0.25, 0.3) is 0 Å². The molecule has 0 radical (unpaired) electrons. The fraction of sp³-hybridized carbons (Fsp3) is 0.873. The third-order valence-electron chi connectivity index (χ3n) is 38.0. The summed E-state index contributed by atoms with van der Waals surface area (Å²) in [6.45, 7) is 81.2. The maximum Gasteiger partial charge on any atom is 0.407 e. The van der Waals surface area contributed by atoms with Crippen LogP contribution >= 0.6 is 0 Å². The number of carbonyl (C=O) groups excluding carboxylic acids is 6. The van der Waals surface area contributed by atoms with Crippen LogP contribution in [0.2, 0.25) is 0 Å². The van der Waals surface area contributed by atoms with E-state index in [4.69, 9.17) is 52.1 Å². The Morgan fingerprint density at radius 3 is 1.07 bits per heavy atom. The van der Waals surface area contributed by atoms with Crippen LogP contribution in [-0.4, -0.2) is 234 Å². The lowest BCUT2D eigenvalue weighted by molar-refractivity contribution is -0.383. The minimum atomic E-state index is -1.67. The molecular formula is C110H183N3O25. The summed E-state index contributed by atoms with van der Waals surface area (Å²) in [5, 5.41) is 106. The quantitative estimate of drug-likeness (QED) is 0.0325. The number of amides is 3. The number of rotatable bonds is 19. The van der Waals surface area contributed by atoms with E-state index < -0.39 is 193 Å². The fourth-order valence-corrected chi connectivity index (χ4v) is 31.2. The zero-order valence-corrected chi connectivity index (χ0v) is 91.2. The molecule has 4 saturated heterocycles. The molecule has 788 valence electrons. The van der Waals surface area contributed by atoms with Gasteiger partial charge >= 0.3 is 36.2 Å². The van der Waals surface area contributed by atoms with Crippen molar-refractivity contribution in [2.24, 2.45) is 132 Å². The molecule has 6 saturated carbocycles. The maximum atomic E-state index is 13.9. The number of hydrogen-bond acceptors (Lipinski definition) is 25. The molecule has 6 bridgehead atoms. The van der Waals surface area contributed by atoms with Gasteiger partial charge in [-0.05, 0) is 198 Å². The number of alkyl carbamates (subject to hydrolysis) is 3. The Labute approximate surface area is 825 Å². The first kappa shape index (κ1) is 113. The van der Waals surface area contributed by atoms with Crippen LogP contribution in [0.15, 0.2) is 46.1 Å². The number of esters is 3. The van der Waals surface area contributed by atoms with Gasteiger partial charge in [0, 0.05) is 105 Å². The average Bonchev–Trinajstić information content (AvgIpc) is 0.649. The monoisotopic (exact) mass is 1950 g/mol. The smallest absolute Gasteiger partial charge is 0.407 e. The van der Waals surface area contributed by atoms with Crippen LogP contribution in [-0.2, 0) is 66.5 Å². The van der Waals surface area contributed by atoms with Gasteiger partial charge in [-0.15, -0.1) is 0 Å². The number of ether oxygens (including phenoxy) is 11. The Morgan fingerprint density at radius 2 is 0.732 bits per heavy atom. The van der Waals surface area contributed by atoms with Crippen molar-refractivity contribution in [3.8, 4) is 0 Å². The highest BCUT2D eigenvalue weighted by Gasteiger charge is 2.78. The summed E-state index contributed by atoms with van der Waals surface area (Å²) in [6, 6.07) is -2.35. The first-order valence-electron chi connectivity index (χ1n) is 52.0. The van der Waals surface area contributed by atoms with E-state index in [0.29, 0.717) is 51.1 Å². The summed E-state index contributed by atoms with van der Waals surface area (Å²) in [7, 11) is 0. The number of carbonyl (C=O) groups is 6. The second kappa shape index (κ2) is 38.8. The number of fused-ring (bicyclic) bond motifs is 14. The Morgan fingerprint density at radius 1 is 0.428 bits per heavy atom. The molecule has 0 aromatic carbocycles. The van der Waals surface area contributed by atoms with Gasteiger partial charge < -0.3 is 109 Å². The van der Waals surface area contributed by atoms with Gasteiger partial charge in [-0.2, -0.15) is 0 Å². The van der Waals surface area contributed by atoms with Crippen molar-refractivity contribution in [2.45, 2.75) is 458 Å². The maximum absolute atomic E-state index is 13.9. The highest BCUT2D eigenvalue weighted by atomic mass is 16.7. The van der Waals surface area contributed by atoms with Gasteiger partial charge in [-0.3, -0.25) is 4.79 Å². The highest BCUT2D eigenvalue weighted by Crippen LogP contribution is 2.74. The highest BCUT2D eigenvalue weighted by molar-refractivity contribution is 5.79. The summed E-state index contributed by atoms with van der Waals surface area (Å²) in [4.78, 5) is 79.3. The molecule has 13 rings (SSSR count). The first-order valence-corrected chi connectivity index (χ1v) is 52.0. The molecule has 0 aromatic heterocycles. The molecule has 9 aliphatic carbocycles. The molecule has 138 heavy (non-hydrogen) atoms. The molecule has 13 aliphatic rings. The zero-order valence-electron chi connectivity index (χ0n) is 91.2. The average molecular weight is 1950 g/mol. The molecule has 28 nitrogen and oxygen atoms in total. The summed E-state index contributed by atoms with van der Waals surface area (Å²) >= 11 is 0. The zero-order chi connectivity index (χ0) is 104. The molecule has 11 N–H and O–H groups in total.